The summed E-state index contributed by atoms with van der Waals surface area (Å²) in [5.41, 5.74) is 4.13. The summed E-state index contributed by atoms with van der Waals surface area (Å²) in [6.45, 7) is 0. The van der Waals surface area contributed by atoms with E-state index in [1.807, 2.05) is 0 Å². The molecule has 0 bridgehead atoms. The molecule has 1 aromatic rings. The molecule has 0 fully saturated rings. The van der Waals surface area contributed by atoms with Gasteiger partial charge in [0.05, 0.1) is 11.1 Å². The van der Waals surface area contributed by atoms with Gasteiger partial charge in [-0.25, -0.2) is 8.78 Å². The van der Waals surface area contributed by atoms with Crippen LogP contribution in [0.1, 0.15) is 11.6 Å². The number of hydrogen-bond acceptors (Lipinski definition) is 2. The van der Waals surface area contributed by atoms with Gasteiger partial charge in [0.25, 0.3) is 0 Å². The lowest BCUT2D eigenvalue weighted by molar-refractivity contribution is -0.210. The van der Waals surface area contributed by atoms with Crippen LogP contribution in [0, 0.1) is 11.6 Å². The van der Waals surface area contributed by atoms with Gasteiger partial charge in [-0.15, -0.1) is 0 Å². The monoisotopic (exact) mass is 275 g/mol. The quantitative estimate of drug-likeness (QED) is 0.644. The first-order valence-corrected chi connectivity index (χ1v) is 4.67. The lowest BCUT2D eigenvalue weighted by Crippen LogP contribution is -2.39. The molecule has 0 aromatic heterocycles. The average Bonchev–Trinajstić information content (AvgIpc) is 2.21. The second-order valence-corrected chi connectivity index (χ2v) is 3.65. The van der Waals surface area contributed by atoms with Crippen LogP contribution in [0.5, 0.6) is 0 Å². The van der Waals surface area contributed by atoms with Crippen molar-refractivity contribution in [3.8, 4) is 0 Å². The Morgan fingerprint density at radius 3 is 2.12 bits per heavy atom. The Labute approximate surface area is 97.8 Å². The molecule has 0 saturated carbocycles. The smallest absolute Gasteiger partial charge is 0.382 e. The van der Waals surface area contributed by atoms with E-state index in [9.17, 15) is 22.0 Å². The lowest BCUT2D eigenvalue weighted by Gasteiger charge is -2.22. The highest BCUT2D eigenvalue weighted by molar-refractivity contribution is 6.31. The van der Waals surface area contributed by atoms with Gasteiger partial charge in [0, 0.05) is 5.56 Å². The third-order valence-corrected chi connectivity index (χ3v) is 2.47. The SMILES string of the molecule is N[C@@H](c1c(F)ccc(F)c1Cl)[C@H](O)C(F)(F)F. The standard InChI is InChI=1S/C9H7ClF5NO/c10-6-4(12)2-1-3(11)5(6)7(16)8(17)9(13,14)15/h1-2,7-8,17H,16H2/t7-,8-/m0/s1. The van der Waals surface area contributed by atoms with E-state index in [4.69, 9.17) is 22.4 Å². The molecule has 0 unspecified atom stereocenters. The van der Waals surface area contributed by atoms with Crippen LogP contribution in [-0.4, -0.2) is 17.4 Å². The zero-order valence-corrected chi connectivity index (χ0v) is 8.86. The van der Waals surface area contributed by atoms with E-state index >= 15 is 0 Å². The fourth-order valence-corrected chi connectivity index (χ4v) is 1.49. The van der Waals surface area contributed by atoms with Crippen molar-refractivity contribution in [2.75, 3.05) is 0 Å². The molecule has 8 heteroatoms. The van der Waals surface area contributed by atoms with Crippen molar-refractivity contribution in [1.29, 1.82) is 0 Å². The second kappa shape index (κ2) is 4.75. The Kier molecular flexibility index (Phi) is 3.95. The van der Waals surface area contributed by atoms with Crippen molar-refractivity contribution in [1.82, 2.24) is 0 Å². The van der Waals surface area contributed by atoms with Gasteiger partial charge in [0.1, 0.15) is 11.6 Å². The fourth-order valence-electron chi connectivity index (χ4n) is 1.21. The second-order valence-electron chi connectivity index (χ2n) is 3.27. The Bertz CT molecular complexity index is 423. The maximum atomic E-state index is 13.2. The van der Waals surface area contributed by atoms with E-state index in [0.29, 0.717) is 12.1 Å². The fraction of sp³-hybridized carbons (Fsp3) is 0.333. The topological polar surface area (TPSA) is 46.2 Å². The molecule has 0 aliphatic heterocycles. The molecule has 1 aromatic carbocycles. The van der Waals surface area contributed by atoms with Gasteiger partial charge in [-0.1, -0.05) is 11.6 Å². The highest BCUT2D eigenvalue weighted by atomic mass is 35.5. The lowest BCUT2D eigenvalue weighted by atomic mass is 10.0. The molecule has 0 aliphatic rings. The minimum absolute atomic E-state index is 0.583. The third kappa shape index (κ3) is 2.85. The summed E-state index contributed by atoms with van der Waals surface area (Å²) in [4.78, 5) is 0. The van der Waals surface area contributed by atoms with Crippen molar-refractivity contribution in [2.24, 2.45) is 5.73 Å². The van der Waals surface area contributed by atoms with Crippen molar-refractivity contribution >= 4 is 11.6 Å². The van der Waals surface area contributed by atoms with Crippen LogP contribution in [0.15, 0.2) is 12.1 Å². The van der Waals surface area contributed by atoms with Crippen molar-refractivity contribution in [3.05, 3.63) is 34.4 Å². The number of benzene rings is 1. The molecule has 0 heterocycles. The predicted molar refractivity (Wildman–Crippen MR) is 50.4 cm³/mol. The number of nitrogens with two attached hydrogens (primary N) is 1. The predicted octanol–water partition coefficient (Wildman–Crippen LogP) is 2.54. The van der Waals surface area contributed by atoms with Crippen LogP contribution >= 0.6 is 11.6 Å². The summed E-state index contributed by atoms with van der Waals surface area (Å²) in [5, 5.41) is 7.98. The highest BCUT2D eigenvalue weighted by Crippen LogP contribution is 2.34. The van der Waals surface area contributed by atoms with E-state index in [0.717, 1.165) is 0 Å². The molecule has 0 spiro atoms. The first kappa shape index (κ1) is 14.1. The zero-order chi connectivity index (χ0) is 13.4. The van der Waals surface area contributed by atoms with Gasteiger partial charge < -0.3 is 10.8 Å². The van der Waals surface area contributed by atoms with Crippen LogP contribution in [0.25, 0.3) is 0 Å². The molecule has 0 amide bonds. The third-order valence-electron chi connectivity index (χ3n) is 2.09. The summed E-state index contributed by atoms with van der Waals surface area (Å²) in [6, 6.07) is -0.967. The molecule has 1 rings (SSSR count). The van der Waals surface area contributed by atoms with Crippen LogP contribution in [0.4, 0.5) is 22.0 Å². The molecule has 96 valence electrons. The Morgan fingerprint density at radius 1 is 1.18 bits per heavy atom. The van der Waals surface area contributed by atoms with E-state index in [1.54, 1.807) is 0 Å². The molecule has 0 saturated heterocycles. The number of aliphatic hydroxyl groups excluding tert-OH is 1. The summed E-state index contributed by atoms with van der Waals surface area (Å²) < 4.78 is 62.7. The number of hydrogen-bond donors (Lipinski definition) is 2. The first-order chi connectivity index (χ1) is 7.66. The van der Waals surface area contributed by atoms with Gasteiger partial charge in [0.2, 0.25) is 0 Å². The Balaban J connectivity index is 3.21. The molecule has 17 heavy (non-hydrogen) atoms. The summed E-state index contributed by atoms with van der Waals surface area (Å²) in [7, 11) is 0. The number of halogens is 6. The zero-order valence-electron chi connectivity index (χ0n) is 8.10. The maximum absolute atomic E-state index is 13.2. The summed E-state index contributed by atoms with van der Waals surface area (Å²) in [6.07, 6.45) is -8.09. The molecule has 3 N–H and O–H groups in total. The minimum atomic E-state index is -5.05. The van der Waals surface area contributed by atoms with E-state index < -0.39 is 40.5 Å². The normalized spacial score (nSPS) is 15.8. The van der Waals surface area contributed by atoms with Crippen LogP contribution < -0.4 is 5.73 Å². The van der Waals surface area contributed by atoms with Gasteiger partial charge >= 0.3 is 6.18 Å². The Morgan fingerprint density at radius 2 is 1.65 bits per heavy atom. The van der Waals surface area contributed by atoms with Gasteiger partial charge in [-0.2, -0.15) is 13.2 Å². The van der Waals surface area contributed by atoms with Crippen LogP contribution in [0.2, 0.25) is 5.02 Å². The number of aliphatic hydroxyl groups is 1. The highest BCUT2D eigenvalue weighted by Gasteiger charge is 2.44. The number of alkyl halides is 3. The molecular formula is C9H7ClF5NO. The molecule has 2 atom stereocenters. The van der Waals surface area contributed by atoms with E-state index in [2.05, 4.69) is 0 Å². The van der Waals surface area contributed by atoms with E-state index in [1.165, 1.54) is 0 Å². The summed E-state index contributed by atoms with van der Waals surface area (Å²) in [5.74, 6) is -2.33. The van der Waals surface area contributed by atoms with E-state index in [-0.39, 0.29) is 0 Å². The summed E-state index contributed by atoms with van der Waals surface area (Å²) >= 11 is 5.31. The number of rotatable bonds is 2. The minimum Gasteiger partial charge on any atom is -0.382 e. The van der Waals surface area contributed by atoms with Crippen LogP contribution in [-0.2, 0) is 0 Å². The first-order valence-electron chi connectivity index (χ1n) is 4.30. The molecule has 2 nitrogen and oxygen atoms in total. The van der Waals surface area contributed by atoms with Crippen molar-refractivity contribution in [3.63, 3.8) is 0 Å². The van der Waals surface area contributed by atoms with Crippen LogP contribution in [0.3, 0.4) is 0 Å². The average molecular weight is 276 g/mol. The van der Waals surface area contributed by atoms with Crippen molar-refractivity contribution < 1.29 is 27.1 Å². The van der Waals surface area contributed by atoms with Gasteiger partial charge in [-0.05, 0) is 12.1 Å². The van der Waals surface area contributed by atoms with Gasteiger partial charge in [-0.3, -0.25) is 0 Å². The molecule has 0 radical (unpaired) electrons. The van der Waals surface area contributed by atoms with Gasteiger partial charge in [0.15, 0.2) is 6.10 Å². The van der Waals surface area contributed by atoms with Crippen molar-refractivity contribution in [2.45, 2.75) is 18.3 Å². The maximum Gasteiger partial charge on any atom is 0.416 e. The molecular weight excluding hydrogens is 269 g/mol. The largest absolute Gasteiger partial charge is 0.416 e. The molecule has 0 aliphatic carbocycles. The Hall–Kier alpha value is -0.920.